The summed E-state index contributed by atoms with van der Waals surface area (Å²) in [5.74, 6) is 0.917. The number of carbonyl (C=O) groups is 2. The number of hydrogen-bond acceptors (Lipinski definition) is 5. The van der Waals surface area contributed by atoms with Gasteiger partial charge in [0.1, 0.15) is 17.4 Å². The van der Waals surface area contributed by atoms with E-state index in [0.717, 1.165) is 16.5 Å². The van der Waals surface area contributed by atoms with E-state index in [2.05, 4.69) is 4.98 Å². The van der Waals surface area contributed by atoms with Gasteiger partial charge in [-0.1, -0.05) is 25.4 Å². The van der Waals surface area contributed by atoms with Crippen LogP contribution in [0.4, 0.5) is 0 Å². The van der Waals surface area contributed by atoms with Crippen LogP contribution in [0.25, 0.3) is 0 Å². The molecule has 8 heteroatoms. The lowest BCUT2D eigenvalue weighted by Gasteiger charge is -2.35. The fourth-order valence-electron chi connectivity index (χ4n) is 2.98. The van der Waals surface area contributed by atoms with Crippen molar-refractivity contribution in [2.24, 2.45) is 5.92 Å². The molecular weight excluding hydrogens is 398 g/mol. The van der Waals surface area contributed by atoms with Crippen molar-refractivity contribution in [3.8, 4) is 5.75 Å². The van der Waals surface area contributed by atoms with Crippen LogP contribution in [0.15, 0.2) is 29.6 Å². The number of nitrogens with zero attached hydrogens (tertiary/aromatic N) is 3. The Morgan fingerprint density at radius 3 is 2.43 bits per heavy atom. The van der Waals surface area contributed by atoms with Crippen LogP contribution in [0.2, 0.25) is 5.02 Å². The molecule has 1 fully saturated rings. The molecule has 2 heterocycles. The standard InChI is InChI=1S/C20H24ClN3O3S/c1-14(2)20(26)24-9-7-23(8-10-24)19(25)11-16-13-28-18(22-16)12-27-17-5-3-15(21)4-6-17/h3-6,13-14H,7-12H2,1-2H3. The van der Waals surface area contributed by atoms with E-state index in [1.54, 1.807) is 12.1 Å². The molecule has 0 aliphatic carbocycles. The van der Waals surface area contributed by atoms with E-state index in [-0.39, 0.29) is 24.2 Å². The van der Waals surface area contributed by atoms with Gasteiger partial charge in [0.05, 0.1) is 12.1 Å². The summed E-state index contributed by atoms with van der Waals surface area (Å²) >= 11 is 7.34. The third-order valence-electron chi connectivity index (χ3n) is 4.55. The number of thiazole rings is 1. The number of aromatic nitrogens is 1. The summed E-state index contributed by atoms with van der Waals surface area (Å²) in [7, 11) is 0. The first-order chi connectivity index (χ1) is 13.4. The van der Waals surface area contributed by atoms with E-state index >= 15 is 0 Å². The average molecular weight is 422 g/mol. The SMILES string of the molecule is CC(C)C(=O)N1CCN(C(=O)Cc2csc(COc3ccc(Cl)cc3)n2)CC1. The minimum atomic E-state index is -0.00855. The first-order valence-corrected chi connectivity index (χ1v) is 10.6. The monoisotopic (exact) mass is 421 g/mol. The van der Waals surface area contributed by atoms with Crippen molar-refractivity contribution in [1.29, 1.82) is 0 Å². The fraction of sp³-hybridized carbons (Fsp3) is 0.450. The quantitative estimate of drug-likeness (QED) is 0.718. The number of carbonyl (C=O) groups excluding carboxylic acids is 2. The Morgan fingerprint density at radius 2 is 1.79 bits per heavy atom. The topological polar surface area (TPSA) is 62.7 Å². The van der Waals surface area contributed by atoms with Crippen LogP contribution in [-0.4, -0.2) is 52.8 Å². The fourth-order valence-corrected chi connectivity index (χ4v) is 3.81. The van der Waals surface area contributed by atoms with Crippen LogP contribution in [0.5, 0.6) is 5.75 Å². The molecule has 1 aliphatic heterocycles. The Kier molecular flexibility index (Phi) is 6.91. The predicted molar refractivity (Wildman–Crippen MR) is 110 cm³/mol. The lowest BCUT2D eigenvalue weighted by Crippen LogP contribution is -2.51. The number of amides is 2. The minimum absolute atomic E-state index is 0.00855. The van der Waals surface area contributed by atoms with Gasteiger partial charge in [0.25, 0.3) is 0 Å². The number of hydrogen-bond donors (Lipinski definition) is 0. The third-order valence-corrected chi connectivity index (χ3v) is 5.67. The van der Waals surface area contributed by atoms with Crippen molar-refractivity contribution < 1.29 is 14.3 Å². The number of benzene rings is 1. The summed E-state index contributed by atoms with van der Waals surface area (Å²) in [5, 5.41) is 3.39. The number of rotatable bonds is 6. The van der Waals surface area contributed by atoms with Gasteiger partial charge in [-0.25, -0.2) is 4.98 Å². The van der Waals surface area contributed by atoms with Crippen LogP contribution in [0.3, 0.4) is 0 Å². The average Bonchev–Trinajstić information content (AvgIpc) is 3.14. The Bertz CT molecular complexity index is 814. The second kappa shape index (κ2) is 9.39. The Labute approximate surface area is 174 Å². The zero-order valence-corrected chi connectivity index (χ0v) is 17.6. The largest absolute Gasteiger partial charge is 0.486 e. The smallest absolute Gasteiger partial charge is 0.228 e. The van der Waals surface area contributed by atoms with Gasteiger partial charge < -0.3 is 14.5 Å². The first kappa shape index (κ1) is 20.6. The lowest BCUT2D eigenvalue weighted by atomic mass is 10.1. The molecule has 28 heavy (non-hydrogen) atoms. The highest BCUT2D eigenvalue weighted by Crippen LogP contribution is 2.19. The third kappa shape index (κ3) is 5.45. The van der Waals surface area contributed by atoms with E-state index in [4.69, 9.17) is 16.3 Å². The summed E-state index contributed by atoms with van der Waals surface area (Å²) < 4.78 is 5.69. The number of halogens is 1. The molecule has 0 N–H and O–H groups in total. The summed E-state index contributed by atoms with van der Waals surface area (Å²) in [6.07, 6.45) is 0.273. The maximum absolute atomic E-state index is 12.5. The minimum Gasteiger partial charge on any atom is -0.486 e. The van der Waals surface area contributed by atoms with Crippen molar-refractivity contribution in [3.63, 3.8) is 0 Å². The van der Waals surface area contributed by atoms with Crippen molar-refractivity contribution in [2.45, 2.75) is 26.9 Å². The Balaban J connectivity index is 1.46. The van der Waals surface area contributed by atoms with Crippen molar-refractivity contribution >= 4 is 34.8 Å². The Morgan fingerprint density at radius 1 is 1.14 bits per heavy atom. The van der Waals surface area contributed by atoms with Gasteiger partial charge >= 0.3 is 0 Å². The molecule has 3 rings (SSSR count). The van der Waals surface area contributed by atoms with Crippen LogP contribution < -0.4 is 4.74 Å². The zero-order valence-electron chi connectivity index (χ0n) is 16.1. The zero-order chi connectivity index (χ0) is 20.1. The van der Waals surface area contributed by atoms with Crippen molar-refractivity contribution in [3.05, 3.63) is 45.4 Å². The highest BCUT2D eigenvalue weighted by Gasteiger charge is 2.25. The molecule has 1 aromatic heterocycles. The van der Waals surface area contributed by atoms with Crippen molar-refractivity contribution in [2.75, 3.05) is 26.2 Å². The normalized spacial score (nSPS) is 14.4. The highest BCUT2D eigenvalue weighted by molar-refractivity contribution is 7.09. The molecule has 150 valence electrons. The Hall–Kier alpha value is -2.12. The summed E-state index contributed by atoms with van der Waals surface area (Å²) in [5.41, 5.74) is 0.755. The molecule has 6 nitrogen and oxygen atoms in total. The predicted octanol–water partition coefficient (Wildman–Crippen LogP) is 3.24. The molecule has 0 atom stereocenters. The molecule has 1 aromatic carbocycles. The van der Waals surface area contributed by atoms with Crippen LogP contribution in [0.1, 0.15) is 24.5 Å². The lowest BCUT2D eigenvalue weighted by molar-refractivity contribution is -0.141. The molecular formula is C20H24ClN3O3S. The maximum Gasteiger partial charge on any atom is 0.228 e. The summed E-state index contributed by atoms with van der Waals surface area (Å²) in [6.45, 7) is 6.51. The number of piperazine rings is 1. The van der Waals surface area contributed by atoms with E-state index in [1.165, 1.54) is 11.3 Å². The second-order valence-electron chi connectivity index (χ2n) is 7.01. The highest BCUT2D eigenvalue weighted by atomic mass is 35.5. The maximum atomic E-state index is 12.5. The summed E-state index contributed by atoms with van der Waals surface area (Å²) in [6, 6.07) is 7.17. The molecule has 0 saturated carbocycles. The van der Waals surface area contributed by atoms with Gasteiger partial charge in [-0.05, 0) is 24.3 Å². The molecule has 0 bridgehead atoms. The van der Waals surface area contributed by atoms with E-state index in [1.807, 2.05) is 41.2 Å². The van der Waals surface area contributed by atoms with E-state index in [9.17, 15) is 9.59 Å². The van der Waals surface area contributed by atoms with Crippen molar-refractivity contribution in [1.82, 2.24) is 14.8 Å². The summed E-state index contributed by atoms with van der Waals surface area (Å²) in [4.78, 5) is 32.7. The van der Waals surface area contributed by atoms with Gasteiger partial charge in [-0.3, -0.25) is 9.59 Å². The second-order valence-corrected chi connectivity index (χ2v) is 8.39. The molecule has 0 radical (unpaired) electrons. The van der Waals surface area contributed by atoms with E-state index < -0.39 is 0 Å². The molecule has 1 aliphatic rings. The van der Waals surface area contributed by atoms with E-state index in [0.29, 0.717) is 37.8 Å². The van der Waals surface area contributed by atoms with Gasteiger partial charge in [0, 0.05) is 42.5 Å². The number of ether oxygens (including phenoxy) is 1. The van der Waals surface area contributed by atoms with Crippen LogP contribution >= 0.6 is 22.9 Å². The molecule has 2 amide bonds. The van der Waals surface area contributed by atoms with Gasteiger partial charge in [-0.2, -0.15) is 0 Å². The molecule has 0 spiro atoms. The molecule has 2 aromatic rings. The first-order valence-electron chi connectivity index (χ1n) is 9.30. The molecule has 0 unspecified atom stereocenters. The molecule has 1 saturated heterocycles. The van der Waals surface area contributed by atoms with Crippen LogP contribution in [0, 0.1) is 5.92 Å². The van der Waals surface area contributed by atoms with Gasteiger partial charge in [0.2, 0.25) is 11.8 Å². The van der Waals surface area contributed by atoms with Gasteiger partial charge in [0.15, 0.2) is 0 Å². The van der Waals surface area contributed by atoms with Crippen LogP contribution in [-0.2, 0) is 22.6 Å². The van der Waals surface area contributed by atoms with Gasteiger partial charge in [-0.15, -0.1) is 11.3 Å².